The lowest BCUT2D eigenvalue weighted by atomic mass is 9.85. The fraction of sp³-hybridized carbons (Fsp3) is 1.00. The lowest BCUT2D eigenvalue weighted by Crippen LogP contribution is -2.51. The van der Waals surface area contributed by atoms with Crippen LogP contribution in [0.2, 0.25) is 0 Å². The molecule has 2 fully saturated rings. The zero-order valence-corrected chi connectivity index (χ0v) is 10.9. The molecule has 6 atom stereocenters. The summed E-state index contributed by atoms with van der Waals surface area (Å²) in [5.74, 6) is -0.191. The van der Waals surface area contributed by atoms with E-state index >= 15 is 0 Å². The van der Waals surface area contributed by atoms with Gasteiger partial charge in [0.1, 0.15) is 0 Å². The van der Waals surface area contributed by atoms with Crippen molar-refractivity contribution in [3.63, 3.8) is 0 Å². The van der Waals surface area contributed by atoms with Crippen LogP contribution in [0, 0.1) is 5.92 Å². The Balaban J connectivity index is 2.10. The van der Waals surface area contributed by atoms with Gasteiger partial charge in [-0.25, -0.2) is 9.68 Å². The van der Waals surface area contributed by atoms with Crippen LogP contribution in [-0.4, -0.2) is 60.5 Å². The van der Waals surface area contributed by atoms with Crippen LogP contribution in [0.5, 0.6) is 0 Å². The van der Waals surface area contributed by atoms with E-state index in [9.17, 15) is 10.2 Å². The van der Waals surface area contributed by atoms with Crippen LogP contribution in [0.25, 0.3) is 0 Å². The Hall–Kier alpha value is -0.280. The third-order valence-electron chi connectivity index (χ3n) is 3.57. The fourth-order valence-corrected chi connectivity index (χ4v) is 2.50. The maximum absolute atomic E-state index is 10.1. The molecule has 2 unspecified atom stereocenters. The number of methoxy groups -OCH3 is 2. The van der Waals surface area contributed by atoms with E-state index in [-0.39, 0.29) is 12.0 Å². The molecule has 0 aromatic rings. The third kappa shape index (κ3) is 2.67. The second-order valence-electron chi connectivity index (χ2n) is 4.76. The first-order chi connectivity index (χ1) is 8.56. The number of fused-ring (bicyclic) bond motifs is 1. The SMILES string of the molecule is CO[C@@H]1C[C@H](C(O)C(C)O)[C@H]2C[C@@H](OC)ON2O1. The number of hydrogen-bond acceptors (Lipinski definition) is 7. The molecule has 2 aliphatic rings. The van der Waals surface area contributed by atoms with E-state index in [1.807, 2.05) is 0 Å². The molecule has 0 radical (unpaired) electrons. The van der Waals surface area contributed by atoms with Crippen LogP contribution in [0.15, 0.2) is 0 Å². The van der Waals surface area contributed by atoms with Gasteiger partial charge in [0.2, 0.25) is 0 Å². The molecule has 0 saturated carbocycles. The molecule has 0 amide bonds. The van der Waals surface area contributed by atoms with Gasteiger partial charge >= 0.3 is 0 Å². The second-order valence-corrected chi connectivity index (χ2v) is 4.76. The van der Waals surface area contributed by atoms with Crippen molar-refractivity contribution in [3.05, 3.63) is 0 Å². The summed E-state index contributed by atoms with van der Waals surface area (Å²) in [5, 5.41) is 21.0. The van der Waals surface area contributed by atoms with Gasteiger partial charge in [-0.1, -0.05) is 5.23 Å². The summed E-state index contributed by atoms with van der Waals surface area (Å²) in [6, 6.07) is -0.147. The summed E-state index contributed by atoms with van der Waals surface area (Å²) in [6.45, 7) is 1.57. The minimum atomic E-state index is -0.849. The maximum atomic E-state index is 10.1. The monoisotopic (exact) mass is 263 g/mol. The summed E-state index contributed by atoms with van der Waals surface area (Å²) >= 11 is 0. The Morgan fingerprint density at radius 3 is 2.17 bits per heavy atom. The predicted molar refractivity (Wildman–Crippen MR) is 59.8 cm³/mol. The molecule has 2 heterocycles. The summed E-state index contributed by atoms with van der Waals surface area (Å²) in [5.41, 5.74) is 0. The quantitative estimate of drug-likeness (QED) is 0.716. The molecule has 2 rings (SSSR count). The lowest BCUT2D eigenvalue weighted by molar-refractivity contribution is -0.455. The van der Waals surface area contributed by atoms with Gasteiger partial charge in [-0.05, 0) is 6.92 Å². The smallest absolute Gasteiger partial charge is 0.181 e. The van der Waals surface area contributed by atoms with Gasteiger partial charge < -0.3 is 19.7 Å². The Morgan fingerprint density at radius 2 is 1.67 bits per heavy atom. The van der Waals surface area contributed by atoms with Crippen molar-refractivity contribution in [2.45, 2.75) is 50.6 Å². The second kappa shape index (κ2) is 5.79. The van der Waals surface area contributed by atoms with Gasteiger partial charge in [0.05, 0.1) is 18.2 Å². The van der Waals surface area contributed by atoms with Crippen LogP contribution >= 0.6 is 0 Å². The van der Waals surface area contributed by atoms with Crippen molar-refractivity contribution in [2.24, 2.45) is 5.92 Å². The molecule has 2 saturated heterocycles. The van der Waals surface area contributed by atoms with Crippen molar-refractivity contribution in [3.8, 4) is 0 Å². The Labute approximate surface area is 106 Å². The summed E-state index contributed by atoms with van der Waals surface area (Å²) in [7, 11) is 3.08. The predicted octanol–water partition coefficient (Wildman–Crippen LogP) is -0.369. The third-order valence-corrected chi connectivity index (χ3v) is 3.57. The number of aliphatic hydroxyl groups is 2. The first-order valence-electron chi connectivity index (χ1n) is 6.11. The highest BCUT2D eigenvalue weighted by Gasteiger charge is 2.48. The summed E-state index contributed by atoms with van der Waals surface area (Å²) in [6.07, 6.45) is -1.46. The molecule has 18 heavy (non-hydrogen) atoms. The molecule has 0 aromatic carbocycles. The first-order valence-corrected chi connectivity index (χ1v) is 6.11. The van der Waals surface area contributed by atoms with Crippen LogP contribution in [0.4, 0.5) is 0 Å². The zero-order chi connectivity index (χ0) is 13.3. The Bertz CT molecular complexity index is 276. The van der Waals surface area contributed by atoms with E-state index in [0.29, 0.717) is 12.8 Å². The van der Waals surface area contributed by atoms with Crippen molar-refractivity contribution in [1.29, 1.82) is 0 Å². The average Bonchev–Trinajstić information content (AvgIpc) is 2.79. The number of ether oxygens (including phenoxy) is 2. The maximum Gasteiger partial charge on any atom is 0.181 e. The highest BCUT2D eigenvalue weighted by molar-refractivity contribution is 4.88. The zero-order valence-electron chi connectivity index (χ0n) is 10.9. The van der Waals surface area contributed by atoms with Gasteiger partial charge in [0.15, 0.2) is 12.6 Å². The van der Waals surface area contributed by atoms with E-state index in [4.69, 9.17) is 19.1 Å². The molecule has 2 aliphatic heterocycles. The largest absolute Gasteiger partial charge is 0.391 e. The topological polar surface area (TPSA) is 80.6 Å². The van der Waals surface area contributed by atoms with E-state index in [1.54, 1.807) is 14.0 Å². The fourth-order valence-electron chi connectivity index (χ4n) is 2.50. The Morgan fingerprint density at radius 1 is 1.11 bits per heavy atom. The van der Waals surface area contributed by atoms with E-state index in [2.05, 4.69) is 0 Å². The molecular formula is C11H21NO6. The molecule has 0 spiro atoms. The number of rotatable bonds is 4. The van der Waals surface area contributed by atoms with Crippen molar-refractivity contribution in [1.82, 2.24) is 5.23 Å². The first kappa shape index (κ1) is 14.1. The average molecular weight is 263 g/mol. The van der Waals surface area contributed by atoms with Crippen LogP contribution < -0.4 is 0 Å². The number of nitrogens with zero attached hydrogens (tertiary/aromatic N) is 1. The van der Waals surface area contributed by atoms with E-state index in [1.165, 1.54) is 12.3 Å². The minimum absolute atomic E-state index is 0.147. The van der Waals surface area contributed by atoms with Crippen LogP contribution in [-0.2, 0) is 19.1 Å². The standard InChI is InChI=1S/C11H21NO6/c1-6(13)11(14)7-4-9(15-2)17-12-8(7)5-10(16-3)18-12/h6-11,13-14H,4-5H2,1-3H3/t6?,7-,8+,9-,10-,11?/m0/s1. The van der Waals surface area contributed by atoms with E-state index in [0.717, 1.165) is 0 Å². The van der Waals surface area contributed by atoms with Crippen molar-refractivity contribution < 1.29 is 29.4 Å². The molecule has 7 nitrogen and oxygen atoms in total. The number of hydrogen-bond donors (Lipinski definition) is 2. The molecular weight excluding hydrogens is 242 g/mol. The van der Waals surface area contributed by atoms with Gasteiger partial charge in [0, 0.05) is 33.0 Å². The molecule has 2 N–H and O–H groups in total. The molecule has 0 aromatic heterocycles. The van der Waals surface area contributed by atoms with E-state index < -0.39 is 24.8 Å². The van der Waals surface area contributed by atoms with Gasteiger partial charge in [0.25, 0.3) is 0 Å². The van der Waals surface area contributed by atoms with Crippen LogP contribution in [0.3, 0.4) is 0 Å². The van der Waals surface area contributed by atoms with Gasteiger partial charge in [-0.15, -0.1) is 0 Å². The highest BCUT2D eigenvalue weighted by atomic mass is 17.0. The highest BCUT2D eigenvalue weighted by Crippen LogP contribution is 2.37. The molecule has 0 bridgehead atoms. The Kier molecular flexibility index (Phi) is 4.54. The van der Waals surface area contributed by atoms with Gasteiger partial charge in [-0.3, -0.25) is 0 Å². The summed E-state index contributed by atoms with van der Waals surface area (Å²) in [4.78, 5) is 10.9. The number of hydroxylamine groups is 2. The lowest BCUT2D eigenvalue weighted by Gasteiger charge is -2.40. The molecule has 7 heteroatoms. The normalized spacial score (nSPS) is 40.5. The molecule has 106 valence electrons. The summed E-state index contributed by atoms with van der Waals surface area (Å²) < 4.78 is 10.3. The molecule has 0 aliphatic carbocycles. The minimum Gasteiger partial charge on any atom is -0.391 e. The van der Waals surface area contributed by atoms with Crippen LogP contribution in [0.1, 0.15) is 19.8 Å². The number of aliphatic hydroxyl groups excluding tert-OH is 2. The van der Waals surface area contributed by atoms with Crippen molar-refractivity contribution >= 4 is 0 Å². The van der Waals surface area contributed by atoms with Crippen molar-refractivity contribution in [2.75, 3.05) is 14.2 Å². The van der Waals surface area contributed by atoms with Gasteiger partial charge in [-0.2, -0.15) is 0 Å².